The van der Waals surface area contributed by atoms with Gasteiger partial charge in [-0.15, -0.1) is 0 Å². The van der Waals surface area contributed by atoms with Crippen molar-refractivity contribution < 1.29 is 8.42 Å². The number of rotatable bonds is 8. The summed E-state index contributed by atoms with van der Waals surface area (Å²) in [4.78, 5) is 4.15. The van der Waals surface area contributed by atoms with E-state index in [2.05, 4.69) is 25.2 Å². The number of hydrogen-bond acceptors (Lipinski definition) is 5. The Labute approximate surface area is 124 Å². The van der Waals surface area contributed by atoms with Gasteiger partial charge in [-0.3, -0.25) is 10.1 Å². The Bertz CT molecular complexity index is 654. The van der Waals surface area contributed by atoms with Crippen LogP contribution in [0.4, 0.5) is 0 Å². The van der Waals surface area contributed by atoms with Crippen molar-refractivity contribution >= 4 is 10.0 Å². The van der Waals surface area contributed by atoms with Gasteiger partial charge in [0.05, 0.1) is 6.20 Å². The van der Waals surface area contributed by atoms with Crippen LogP contribution in [0.25, 0.3) is 0 Å². The molecule has 0 spiro atoms. The molecule has 7 nitrogen and oxygen atoms in total. The molecule has 0 aliphatic carbocycles. The molecule has 0 saturated carbocycles. The van der Waals surface area contributed by atoms with Crippen molar-refractivity contribution in [1.82, 2.24) is 25.2 Å². The van der Waals surface area contributed by atoms with Crippen LogP contribution in [-0.4, -0.2) is 36.7 Å². The van der Waals surface area contributed by atoms with E-state index in [1.54, 1.807) is 6.20 Å². The van der Waals surface area contributed by atoms with Crippen LogP contribution in [-0.2, 0) is 23.0 Å². The normalized spacial score (nSPS) is 11.7. The molecule has 0 radical (unpaired) electrons. The van der Waals surface area contributed by atoms with E-state index in [1.165, 1.54) is 6.20 Å². The Hall–Kier alpha value is -1.77. The minimum atomic E-state index is -3.58. The molecule has 3 N–H and O–H groups in total. The minimum Gasteiger partial charge on any atom is -0.313 e. The maximum atomic E-state index is 12.2. The Morgan fingerprint density at radius 3 is 2.90 bits per heavy atom. The molecular weight excluding hydrogens is 290 g/mol. The lowest BCUT2D eigenvalue weighted by atomic mass is 10.3. The second-order valence-corrected chi connectivity index (χ2v) is 6.18. The predicted molar refractivity (Wildman–Crippen MR) is 79.1 cm³/mol. The van der Waals surface area contributed by atoms with Crippen molar-refractivity contribution in [2.45, 2.75) is 24.9 Å². The third-order valence-corrected chi connectivity index (χ3v) is 4.39. The lowest BCUT2D eigenvalue weighted by Crippen LogP contribution is -2.28. The summed E-state index contributed by atoms with van der Waals surface area (Å²) in [5.41, 5.74) is 1.47. The summed E-state index contributed by atoms with van der Waals surface area (Å²) in [5, 5.41) is 9.56. The van der Waals surface area contributed by atoms with Crippen molar-refractivity contribution in [3.8, 4) is 0 Å². The van der Waals surface area contributed by atoms with Crippen LogP contribution in [0.2, 0.25) is 0 Å². The number of H-pyrrole nitrogens is 1. The second-order valence-electron chi connectivity index (χ2n) is 4.47. The molecular formula is C13H19N5O2S. The zero-order valence-corrected chi connectivity index (χ0v) is 12.7. The number of hydrogen-bond donors (Lipinski definition) is 3. The number of aromatic nitrogens is 3. The first kappa shape index (κ1) is 15.6. The summed E-state index contributed by atoms with van der Waals surface area (Å²) in [6.07, 6.45) is 3.75. The summed E-state index contributed by atoms with van der Waals surface area (Å²) >= 11 is 0. The molecule has 0 atom stereocenters. The topological polar surface area (TPSA) is 99.8 Å². The fourth-order valence-corrected chi connectivity index (χ4v) is 3.01. The van der Waals surface area contributed by atoms with Crippen molar-refractivity contribution in [2.75, 3.05) is 13.1 Å². The molecule has 0 aliphatic heterocycles. The van der Waals surface area contributed by atoms with E-state index >= 15 is 0 Å². The molecule has 0 fully saturated rings. The van der Waals surface area contributed by atoms with Gasteiger partial charge in [-0.05, 0) is 18.7 Å². The van der Waals surface area contributed by atoms with Crippen molar-refractivity contribution in [2.24, 2.45) is 0 Å². The van der Waals surface area contributed by atoms with Crippen LogP contribution in [0.3, 0.4) is 0 Å². The van der Waals surface area contributed by atoms with Gasteiger partial charge >= 0.3 is 0 Å². The van der Waals surface area contributed by atoms with E-state index in [9.17, 15) is 8.42 Å². The van der Waals surface area contributed by atoms with Crippen LogP contribution < -0.4 is 10.0 Å². The van der Waals surface area contributed by atoms with E-state index in [-0.39, 0.29) is 5.03 Å². The van der Waals surface area contributed by atoms with E-state index in [0.717, 1.165) is 12.2 Å². The molecule has 0 aromatic carbocycles. The number of nitrogens with one attached hydrogen (secondary N) is 3. The lowest BCUT2D eigenvalue weighted by molar-refractivity contribution is 0.574. The van der Waals surface area contributed by atoms with Crippen LogP contribution >= 0.6 is 0 Å². The smallest absolute Gasteiger partial charge is 0.257 e. The molecule has 114 valence electrons. The highest BCUT2D eigenvalue weighted by molar-refractivity contribution is 7.89. The average molecular weight is 309 g/mol. The molecule has 0 amide bonds. The van der Waals surface area contributed by atoms with Gasteiger partial charge in [0.1, 0.15) is 0 Å². The van der Waals surface area contributed by atoms with E-state index < -0.39 is 10.0 Å². The van der Waals surface area contributed by atoms with Gasteiger partial charge in [-0.1, -0.05) is 13.0 Å². The molecule has 0 bridgehead atoms. The average Bonchev–Trinajstić information content (AvgIpc) is 2.95. The molecule has 2 rings (SSSR count). The van der Waals surface area contributed by atoms with Gasteiger partial charge in [-0.2, -0.15) is 5.10 Å². The van der Waals surface area contributed by atoms with E-state index in [0.29, 0.717) is 25.1 Å². The highest BCUT2D eigenvalue weighted by Gasteiger charge is 2.19. The van der Waals surface area contributed by atoms with Crippen LogP contribution in [0, 0.1) is 0 Å². The van der Waals surface area contributed by atoms with Crippen molar-refractivity contribution in [3.63, 3.8) is 0 Å². The molecule has 2 heterocycles. The second kappa shape index (κ2) is 7.30. The van der Waals surface area contributed by atoms with Crippen LogP contribution in [0.5, 0.6) is 0 Å². The molecule has 0 saturated heterocycles. The number of nitrogens with zero attached hydrogens (tertiary/aromatic N) is 2. The quantitative estimate of drug-likeness (QED) is 0.657. The lowest BCUT2D eigenvalue weighted by Gasteiger charge is -2.07. The zero-order valence-electron chi connectivity index (χ0n) is 11.8. The molecule has 2 aromatic rings. The highest BCUT2D eigenvalue weighted by Crippen LogP contribution is 2.11. The molecule has 0 aliphatic rings. The van der Waals surface area contributed by atoms with Crippen LogP contribution in [0.15, 0.2) is 35.6 Å². The third-order valence-electron chi connectivity index (χ3n) is 2.91. The molecule has 0 unspecified atom stereocenters. The summed E-state index contributed by atoms with van der Waals surface area (Å²) in [5.74, 6) is 0. The number of sulfonamides is 1. The van der Waals surface area contributed by atoms with Gasteiger partial charge in [0.2, 0.25) is 0 Å². The van der Waals surface area contributed by atoms with E-state index in [1.807, 2.05) is 25.1 Å². The van der Waals surface area contributed by atoms with Gasteiger partial charge in [0, 0.05) is 37.0 Å². The zero-order chi connectivity index (χ0) is 15.1. The first-order valence-electron chi connectivity index (χ1n) is 6.76. The number of pyridine rings is 1. The van der Waals surface area contributed by atoms with Crippen molar-refractivity contribution in [3.05, 3.63) is 41.9 Å². The van der Waals surface area contributed by atoms with Crippen molar-refractivity contribution in [1.29, 1.82) is 0 Å². The standard InChI is InChI=1S/C13H19N5O2S/c1-2-14-9-11-10-16-18-13(11)21(19,20)17-8-6-12-5-3-4-7-15-12/h3-5,7,10,14,17H,2,6,8-9H2,1H3,(H,16,18). The van der Waals surface area contributed by atoms with Gasteiger partial charge in [-0.25, -0.2) is 13.1 Å². The third kappa shape index (κ3) is 4.35. The fraction of sp³-hybridized carbons (Fsp3) is 0.385. The highest BCUT2D eigenvalue weighted by atomic mass is 32.2. The maximum Gasteiger partial charge on any atom is 0.257 e. The molecule has 8 heteroatoms. The van der Waals surface area contributed by atoms with Gasteiger partial charge in [0.25, 0.3) is 10.0 Å². The molecule has 2 aromatic heterocycles. The summed E-state index contributed by atoms with van der Waals surface area (Å²) in [6.45, 7) is 3.47. The minimum absolute atomic E-state index is 0.115. The SMILES string of the molecule is CCNCc1cn[nH]c1S(=O)(=O)NCCc1ccccn1. The Morgan fingerprint density at radius 2 is 2.19 bits per heavy atom. The Kier molecular flexibility index (Phi) is 5.43. The predicted octanol–water partition coefficient (Wildman–Crippen LogP) is 0.435. The largest absolute Gasteiger partial charge is 0.313 e. The number of aromatic amines is 1. The van der Waals surface area contributed by atoms with Crippen LogP contribution in [0.1, 0.15) is 18.2 Å². The first-order valence-corrected chi connectivity index (χ1v) is 8.24. The van der Waals surface area contributed by atoms with Gasteiger partial charge < -0.3 is 5.32 Å². The molecule has 21 heavy (non-hydrogen) atoms. The fourth-order valence-electron chi connectivity index (χ4n) is 1.85. The first-order chi connectivity index (χ1) is 10.1. The van der Waals surface area contributed by atoms with Gasteiger partial charge in [0.15, 0.2) is 5.03 Å². The van der Waals surface area contributed by atoms with E-state index in [4.69, 9.17) is 0 Å². The monoisotopic (exact) mass is 309 g/mol. The summed E-state index contributed by atoms with van der Waals surface area (Å²) in [6, 6.07) is 5.56. The maximum absolute atomic E-state index is 12.2. The Morgan fingerprint density at radius 1 is 1.33 bits per heavy atom. The summed E-state index contributed by atoms with van der Waals surface area (Å²) < 4.78 is 27.0. The summed E-state index contributed by atoms with van der Waals surface area (Å²) in [7, 11) is -3.58. The Balaban J connectivity index is 1.97.